The van der Waals surface area contributed by atoms with Crippen molar-refractivity contribution >= 4 is 39.6 Å². The third kappa shape index (κ3) is 4.67. The van der Waals surface area contributed by atoms with Gasteiger partial charge in [0, 0.05) is 17.6 Å². The zero-order chi connectivity index (χ0) is 17.5. The molecule has 0 aliphatic heterocycles. The fourth-order valence-corrected chi connectivity index (χ4v) is 2.58. The number of carbonyl (C=O) groups excluding carboxylic acids is 2. The molecular weight excluding hydrogens is 370 g/mol. The van der Waals surface area contributed by atoms with Crippen molar-refractivity contribution in [1.29, 1.82) is 0 Å². The number of ether oxygens (including phenoxy) is 1. The first kappa shape index (κ1) is 17.7. The number of likely N-dealkylation sites (N-methyl/N-ethyl adjacent to an activating group) is 1. The second-order valence-corrected chi connectivity index (χ2v) is 5.73. The number of esters is 1. The Kier molecular flexibility index (Phi) is 6.09. The molecule has 0 bridgehead atoms. The summed E-state index contributed by atoms with van der Waals surface area (Å²) in [6.45, 7) is 3.46. The van der Waals surface area contributed by atoms with Gasteiger partial charge in [-0.2, -0.15) is 0 Å². The van der Waals surface area contributed by atoms with Gasteiger partial charge in [-0.3, -0.25) is 4.79 Å². The smallest absolute Gasteiger partial charge is 0.336 e. The van der Waals surface area contributed by atoms with Crippen LogP contribution in [0.5, 0.6) is 5.75 Å². The Bertz CT molecular complexity index is 784. The molecule has 4 nitrogen and oxygen atoms in total. The standard InChI is InChI=1S/C19H16BrNO3/c1-3-18(22)21(2)17-11-10-15(13-16(17)20)24-19(23)12-9-14-7-5-4-6-8-14/h3-13H,1H2,2H3/b12-9+. The summed E-state index contributed by atoms with van der Waals surface area (Å²) >= 11 is 3.37. The highest BCUT2D eigenvalue weighted by Gasteiger charge is 2.12. The minimum atomic E-state index is -0.478. The number of hydrogen-bond acceptors (Lipinski definition) is 3. The van der Waals surface area contributed by atoms with Crippen LogP contribution in [0.2, 0.25) is 0 Å². The topological polar surface area (TPSA) is 46.6 Å². The van der Waals surface area contributed by atoms with E-state index in [1.165, 1.54) is 17.1 Å². The van der Waals surface area contributed by atoms with Crippen LogP contribution in [0.15, 0.2) is 71.7 Å². The van der Waals surface area contributed by atoms with E-state index in [1.807, 2.05) is 30.3 Å². The SMILES string of the molecule is C=CC(=O)N(C)c1ccc(OC(=O)/C=C/c2ccccc2)cc1Br. The molecule has 0 aliphatic rings. The van der Waals surface area contributed by atoms with E-state index in [4.69, 9.17) is 4.74 Å². The molecule has 2 aromatic rings. The van der Waals surface area contributed by atoms with Crippen LogP contribution in [0.1, 0.15) is 5.56 Å². The fourth-order valence-electron chi connectivity index (χ4n) is 1.96. The Hall–Kier alpha value is -2.66. The van der Waals surface area contributed by atoms with Gasteiger partial charge in [0.1, 0.15) is 5.75 Å². The van der Waals surface area contributed by atoms with Crippen LogP contribution in [-0.2, 0) is 9.59 Å². The van der Waals surface area contributed by atoms with E-state index >= 15 is 0 Å². The molecule has 0 saturated heterocycles. The van der Waals surface area contributed by atoms with Crippen molar-refractivity contribution in [1.82, 2.24) is 0 Å². The lowest BCUT2D eigenvalue weighted by Gasteiger charge is -2.17. The number of halogens is 1. The molecule has 0 radical (unpaired) electrons. The third-order valence-corrected chi connectivity index (χ3v) is 3.85. The van der Waals surface area contributed by atoms with Crippen molar-refractivity contribution in [2.24, 2.45) is 0 Å². The van der Waals surface area contributed by atoms with Crippen LogP contribution in [0.3, 0.4) is 0 Å². The average Bonchev–Trinajstić information content (AvgIpc) is 2.59. The van der Waals surface area contributed by atoms with E-state index < -0.39 is 5.97 Å². The Morgan fingerprint density at radius 3 is 2.50 bits per heavy atom. The van der Waals surface area contributed by atoms with Gasteiger partial charge in [-0.15, -0.1) is 0 Å². The van der Waals surface area contributed by atoms with Crippen molar-refractivity contribution < 1.29 is 14.3 Å². The lowest BCUT2D eigenvalue weighted by molar-refractivity contribution is -0.128. The summed E-state index contributed by atoms with van der Waals surface area (Å²) in [6, 6.07) is 14.4. The monoisotopic (exact) mass is 385 g/mol. The number of rotatable bonds is 5. The molecule has 24 heavy (non-hydrogen) atoms. The van der Waals surface area contributed by atoms with Crippen LogP contribution in [0, 0.1) is 0 Å². The van der Waals surface area contributed by atoms with Crippen molar-refractivity contribution in [2.75, 3.05) is 11.9 Å². The Morgan fingerprint density at radius 1 is 1.17 bits per heavy atom. The molecule has 0 atom stereocenters. The molecule has 122 valence electrons. The summed E-state index contributed by atoms with van der Waals surface area (Å²) in [5.41, 5.74) is 1.56. The third-order valence-electron chi connectivity index (χ3n) is 3.22. The highest BCUT2D eigenvalue weighted by Crippen LogP contribution is 2.30. The highest BCUT2D eigenvalue weighted by molar-refractivity contribution is 9.10. The minimum Gasteiger partial charge on any atom is -0.423 e. The second kappa shape index (κ2) is 8.26. The summed E-state index contributed by atoms with van der Waals surface area (Å²) < 4.78 is 5.90. The highest BCUT2D eigenvalue weighted by atomic mass is 79.9. The van der Waals surface area contributed by atoms with E-state index in [1.54, 1.807) is 31.3 Å². The van der Waals surface area contributed by atoms with Crippen LogP contribution in [0.25, 0.3) is 6.08 Å². The number of benzene rings is 2. The first-order valence-electron chi connectivity index (χ1n) is 7.16. The van der Waals surface area contributed by atoms with Crippen molar-refractivity contribution in [3.63, 3.8) is 0 Å². The molecule has 2 aromatic carbocycles. The van der Waals surface area contributed by atoms with Gasteiger partial charge in [-0.05, 0) is 51.8 Å². The Balaban J connectivity index is 2.06. The van der Waals surface area contributed by atoms with Crippen LogP contribution in [-0.4, -0.2) is 18.9 Å². The number of amides is 1. The number of nitrogens with zero attached hydrogens (tertiary/aromatic N) is 1. The number of hydrogen-bond donors (Lipinski definition) is 0. The first-order chi connectivity index (χ1) is 11.5. The lowest BCUT2D eigenvalue weighted by atomic mass is 10.2. The van der Waals surface area contributed by atoms with E-state index in [2.05, 4.69) is 22.5 Å². The van der Waals surface area contributed by atoms with Crippen molar-refractivity contribution in [3.8, 4) is 5.75 Å². The van der Waals surface area contributed by atoms with Crippen LogP contribution >= 0.6 is 15.9 Å². The maximum atomic E-state index is 11.9. The summed E-state index contributed by atoms with van der Waals surface area (Å²) in [4.78, 5) is 25.0. The van der Waals surface area contributed by atoms with E-state index in [9.17, 15) is 9.59 Å². The van der Waals surface area contributed by atoms with Gasteiger partial charge in [-0.1, -0.05) is 36.9 Å². The molecule has 0 unspecified atom stereocenters. The minimum absolute atomic E-state index is 0.230. The molecule has 5 heteroatoms. The quantitative estimate of drug-likeness (QED) is 0.439. The average molecular weight is 386 g/mol. The second-order valence-electron chi connectivity index (χ2n) is 4.88. The van der Waals surface area contributed by atoms with Gasteiger partial charge < -0.3 is 9.64 Å². The predicted octanol–water partition coefficient (Wildman–Crippen LogP) is 4.22. The van der Waals surface area contributed by atoms with Crippen LogP contribution < -0.4 is 9.64 Å². The summed E-state index contributed by atoms with van der Waals surface area (Å²) in [5, 5.41) is 0. The zero-order valence-electron chi connectivity index (χ0n) is 13.1. The fraction of sp³-hybridized carbons (Fsp3) is 0.0526. The van der Waals surface area contributed by atoms with Gasteiger partial charge in [0.05, 0.1) is 5.69 Å². The van der Waals surface area contributed by atoms with Crippen molar-refractivity contribution in [3.05, 3.63) is 77.3 Å². The van der Waals surface area contributed by atoms with Gasteiger partial charge in [0.15, 0.2) is 0 Å². The van der Waals surface area contributed by atoms with Crippen LogP contribution in [0.4, 0.5) is 5.69 Å². The normalized spacial score (nSPS) is 10.4. The Morgan fingerprint density at radius 2 is 1.88 bits per heavy atom. The van der Waals surface area contributed by atoms with E-state index in [-0.39, 0.29) is 5.91 Å². The molecule has 0 aromatic heterocycles. The maximum absolute atomic E-state index is 11.9. The molecule has 0 N–H and O–H groups in total. The molecule has 2 rings (SSSR count). The number of carbonyl (C=O) groups is 2. The summed E-state index contributed by atoms with van der Waals surface area (Å²) in [7, 11) is 1.64. The maximum Gasteiger partial charge on any atom is 0.336 e. The van der Waals surface area contributed by atoms with E-state index in [0.29, 0.717) is 15.9 Å². The van der Waals surface area contributed by atoms with Gasteiger partial charge in [0.25, 0.3) is 0 Å². The summed E-state index contributed by atoms with van der Waals surface area (Å²) in [6.07, 6.45) is 4.28. The predicted molar refractivity (Wildman–Crippen MR) is 98.9 cm³/mol. The molecule has 0 heterocycles. The molecule has 0 spiro atoms. The molecule has 1 amide bonds. The summed E-state index contributed by atoms with van der Waals surface area (Å²) in [5.74, 6) is -0.326. The molecule has 0 saturated carbocycles. The zero-order valence-corrected chi connectivity index (χ0v) is 14.7. The molecule has 0 aliphatic carbocycles. The van der Waals surface area contributed by atoms with Gasteiger partial charge in [0.2, 0.25) is 5.91 Å². The van der Waals surface area contributed by atoms with E-state index in [0.717, 1.165) is 5.56 Å². The van der Waals surface area contributed by atoms with Gasteiger partial charge >= 0.3 is 5.97 Å². The van der Waals surface area contributed by atoms with Crippen molar-refractivity contribution in [2.45, 2.75) is 0 Å². The number of anilines is 1. The largest absolute Gasteiger partial charge is 0.423 e. The molecule has 0 fully saturated rings. The Labute approximate surface area is 149 Å². The molecular formula is C19H16BrNO3. The lowest BCUT2D eigenvalue weighted by Crippen LogP contribution is -2.24. The van der Waals surface area contributed by atoms with Gasteiger partial charge in [-0.25, -0.2) is 4.79 Å². The first-order valence-corrected chi connectivity index (χ1v) is 7.95.